The third-order valence-electron chi connectivity index (χ3n) is 2.70. The average molecular weight is 272 g/mol. The van der Waals surface area contributed by atoms with Crippen LogP contribution in [-0.4, -0.2) is 20.0 Å². The molecule has 6 heteroatoms. The molecule has 19 heavy (non-hydrogen) atoms. The van der Waals surface area contributed by atoms with Crippen molar-refractivity contribution < 1.29 is 9.90 Å². The lowest BCUT2D eigenvalue weighted by atomic mass is 10.2. The molecule has 0 unspecified atom stereocenters. The molecule has 2 heterocycles. The van der Waals surface area contributed by atoms with Crippen LogP contribution in [0.2, 0.25) is 0 Å². The van der Waals surface area contributed by atoms with Crippen LogP contribution in [0.15, 0.2) is 47.5 Å². The molecule has 0 saturated heterocycles. The van der Waals surface area contributed by atoms with E-state index in [0.29, 0.717) is 11.1 Å². The van der Waals surface area contributed by atoms with Gasteiger partial charge in [0.1, 0.15) is 0 Å². The highest BCUT2D eigenvalue weighted by molar-refractivity contribution is 7.14. The van der Waals surface area contributed by atoms with Crippen molar-refractivity contribution >= 4 is 27.6 Å². The summed E-state index contributed by atoms with van der Waals surface area (Å²) >= 11 is 1.27. The van der Waals surface area contributed by atoms with E-state index >= 15 is 0 Å². The first-order chi connectivity index (χ1) is 9.16. The minimum Gasteiger partial charge on any atom is -0.478 e. The molecule has 0 aliphatic heterocycles. The Balaban J connectivity index is 2.25. The molecule has 1 aromatic carbocycles. The smallest absolute Gasteiger partial charge is 0.337 e. The number of aromatic carboxylic acids is 1. The number of hydrogen-bond acceptors (Lipinski definition) is 4. The van der Waals surface area contributed by atoms with Crippen LogP contribution < -0.4 is 5.56 Å². The molecule has 3 aromatic rings. The lowest BCUT2D eigenvalue weighted by Gasteiger charge is -2.00. The summed E-state index contributed by atoms with van der Waals surface area (Å²) in [4.78, 5) is 27.0. The number of pyridine rings is 1. The number of carboxylic acid groups (broad SMARTS) is 1. The lowest BCUT2D eigenvalue weighted by Crippen LogP contribution is -2.11. The zero-order valence-corrected chi connectivity index (χ0v) is 10.4. The lowest BCUT2D eigenvalue weighted by molar-refractivity contribution is 0.0696. The van der Waals surface area contributed by atoms with Gasteiger partial charge in [-0.05, 0) is 18.2 Å². The number of aromatic nitrogens is 2. The van der Waals surface area contributed by atoms with E-state index in [1.165, 1.54) is 33.9 Å². The van der Waals surface area contributed by atoms with Crippen molar-refractivity contribution in [3.05, 3.63) is 58.6 Å². The topological polar surface area (TPSA) is 72.2 Å². The highest BCUT2D eigenvalue weighted by Crippen LogP contribution is 2.19. The van der Waals surface area contributed by atoms with Gasteiger partial charge < -0.3 is 5.11 Å². The van der Waals surface area contributed by atoms with E-state index in [1.54, 1.807) is 12.1 Å². The first-order valence-corrected chi connectivity index (χ1v) is 6.24. The summed E-state index contributed by atoms with van der Waals surface area (Å²) < 4.78 is 2.30. The normalized spacial score (nSPS) is 10.7. The average Bonchev–Trinajstić information content (AvgIpc) is 2.77. The van der Waals surface area contributed by atoms with Crippen molar-refractivity contribution in [2.45, 2.75) is 0 Å². The Morgan fingerprint density at radius 2 is 2.05 bits per heavy atom. The Kier molecular flexibility index (Phi) is 2.64. The van der Waals surface area contributed by atoms with Gasteiger partial charge in [0.25, 0.3) is 5.56 Å². The Hall–Kier alpha value is -2.47. The fourth-order valence-corrected chi connectivity index (χ4v) is 2.77. The van der Waals surface area contributed by atoms with Gasteiger partial charge >= 0.3 is 5.97 Å². The molecule has 5 nitrogen and oxygen atoms in total. The minimum atomic E-state index is -1.07. The summed E-state index contributed by atoms with van der Waals surface area (Å²) in [6.07, 6.45) is 2.73. The Bertz CT molecular complexity index is 835. The van der Waals surface area contributed by atoms with Crippen LogP contribution in [0.5, 0.6) is 0 Å². The molecule has 1 N–H and O–H groups in total. The van der Waals surface area contributed by atoms with Crippen molar-refractivity contribution in [2.75, 3.05) is 0 Å². The van der Waals surface area contributed by atoms with Crippen molar-refractivity contribution in [3.8, 4) is 5.69 Å². The number of fused-ring (bicyclic) bond motifs is 1. The molecule has 0 fully saturated rings. The third-order valence-corrected chi connectivity index (χ3v) is 3.81. The number of nitrogens with zero attached hydrogens (tertiary/aromatic N) is 2. The molecule has 0 atom stereocenters. The molecule has 94 valence electrons. The molecule has 0 spiro atoms. The van der Waals surface area contributed by atoms with E-state index in [-0.39, 0.29) is 11.1 Å². The number of rotatable bonds is 2. The van der Waals surface area contributed by atoms with Gasteiger partial charge in [0.15, 0.2) is 0 Å². The summed E-state index contributed by atoms with van der Waals surface area (Å²) in [7, 11) is 0. The fraction of sp³-hybridized carbons (Fsp3) is 0. The van der Waals surface area contributed by atoms with Gasteiger partial charge in [0.05, 0.1) is 27.5 Å². The zero-order valence-electron chi connectivity index (χ0n) is 9.61. The monoisotopic (exact) mass is 272 g/mol. The van der Waals surface area contributed by atoms with Crippen LogP contribution in [0.1, 0.15) is 10.4 Å². The highest BCUT2D eigenvalue weighted by Gasteiger charge is 2.11. The molecule has 0 aliphatic carbocycles. The summed E-state index contributed by atoms with van der Waals surface area (Å²) in [6.45, 7) is 0. The maximum absolute atomic E-state index is 12.2. The Morgan fingerprint density at radius 3 is 2.79 bits per heavy atom. The summed E-state index contributed by atoms with van der Waals surface area (Å²) in [5.74, 6) is -1.07. The van der Waals surface area contributed by atoms with E-state index < -0.39 is 5.97 Å². The van der Waals surface area contributed by atoms with E-state index in [1.807, 2.05) is 12.1 Å². The van der Waals surface area contributed by atoms with Crippen LogP contribution in [0.4, 0.5) is 0 Å². The summed E-state index contributed by atoms with van der Waals surface area (Å²) in [6, 6.07) is 8.69. The maximum Gasteiger partial charge on any atom is 0.337 e. The quantitative estimate of drug-likeness (QED) is 0.775. The van der Waals surface area contributed by atoms with Crippen molar-refractivity contribution in [1.82, 2.24) is 8.94 Å². The van der Waals surface area contributed by atoms with Crippen molar-refractivity contribution in [3.63, 3.8) is 0 Å². The first kappa shape index (κ1) is 11.6. The van der Waals surface area contributed by atoms with Gasteiger partial charge in [-0.15, -0.1) is 0 Å². The van der Waals surface area contributed by atoms with E-state index in [9.17, 15) is 9.59 Å². The van der Waals surface area contributed by atoms with Crippen LogP contribution >= 0.6 is 11.5 Å². The predicted molar refractivity (Wildman–Crippen MR) is 72.2 cm³/mol. The van der Waals surface area contributed by atoms with Gasteiger partial charge in [0.2, 0.25) is 0 Å². The molecular weight excluding hydrogens is 264 g/mol. The second kappa shape index (κ2) is 4.33. The maximum atomic E-state index is 12.2. The Labute approximate surface area is 111 Å². The van der Waals surface area contributed by atoms with Crippen molar-refractivity contribution in [1.29, 1.82) is 0 Å². The van der Waals surface area contributed by atoms with Gasteiger partial charge in [-0.1, -0.05) is 23.7 Å². The van der Waals surface area contributed by atoms with Crippen LogP contribution in [0.25, 0.3) is 15.8 Å². The van der Waals surface area contributed by atoms with Crippen LogP contribution in [0, 0.1) is 0 Å². The van der Waals surface area contributed by atoms with Gasteiger partial charge in [-0.25, -0.2) is 8.75 Å². The van der Waals surface area contributed by atoms with Gasteiger partial charge in [-0.3, -0.25) is 9.78 Å². The van der Waals surface area contributed by atoms with E-state index in [2.05, 4.69) is 4.98 Å². The largest absolute Gasteiger partial charge is 0.478 e. The number of hydrogen-bond donors (Lipinski definition) is 1. The molecule has 0 saturated carbocycles. The number of carbonyl (C=O) groups is 1. The second-order valence-corrected chi connectivity index (χ2v) is 4.91. The van der Waals surface area contributed by atoms with Gasteiger partial charge in [-0.2, -0.15) is 0 Å². The van der Waals surface area contributed by atoms with E-state index in [0.717, 1.165) is 4.70 Å². The summed E-state index contributed by atoms with van der Waals surface area (Å²) in [5, 5.41) is 9.56. The predicted octanol–water partition coefficient (Wildman–Crippen LogP) is 2.15. The highest BCUT2D eigenvalue weighted by atomic mass is 32.1. The summed E-state index contributed by atoms with van der Waals surface area (Å²) in [5.41, 5.74) is 0.359. The number of benzene rings is 1. The molecule has 2 aromatic heterocycles. The molecule has 0 amide bonds. The first-order valence-electron chi connectivity index (χ1n) is 5.46. The van der Waals surface area contributed by atoms with Crippen LogP contribution in [0.3, 0.4) is 0 Å². The fourth-order valence-electron chi connectivity index (χ4n) is 1.80. The Morgan fingerprint density at radius 1 is 1.26 bits per heavy atom. The molecule has 0 aliphatic rings. The zero-order chi connectivity index (χ0) is 13.4. The van der Waals surface area contributed by atoms with Gasteiger partial charge in [0, 0.05) is 6.20 Å². The molecule has 0 radical (unpaired) electrons. The standard InChI is InChI=1S/C13H8N2O3S/c16-12-10-3-1-2-4-11(10)19-15(12)9-5-8(13(17)18)6-14-7-9/h1-7H,(H,17,18). The van der Waals surface area contributed by atoms with Crippen molar-refractivity contribution in [2.24, 2.45) is 0 Å². The second-order valence-electron chi connectivity index (χ2n) is 3.92. The minimum absolute atomic E-state index is 0.0573. The molecule has 3 rings (SSSR count). The number of carboxylic acids is 1. The van der Waals surface area contributed by atoms with E-state index in [4.69, 9.17) is 5.11 Å². The third kappa shape index (κ3) is 1.92. The molecule has 0 bridgehead atoms. The van der Waals surface area contributed by atoms with Crippen LogP contribution in [-0.2, 0) is 0 Å². The molecular formula is C13H8N2O3S. The SMILES string of the molecule is O=C(O)c1cncc(-n2sc3ccccc3c2=O)c1.